The lowest BCUT2D eigenvalue weighted by atomic mass is 10.1. The lowest BCUT2D eigenvalue weighted by molar-refractivity contribution is -0.145. The van der Waals surface area contributed by atoms with Crippen LogP contribution in [0.15, 0.2) is 0 Å². The van der Waals surface area contributed by atoms with Gasteiger partial charge in [-0.1, -0.05) is 6.42 Å². The van der Waals surface area contributed by atoms with Crippen molar-refractivity contribution in [1.29, 1.82) is 0 Å². The zero-order chi connectivity index (χ0) is 13.8. The first kappa shape index (κ1) is 15.4. The number of hydrogen-bond donors (Lipinski definition) is 1. The minimum atomic E-state index is -3.42. The normalized spacial score (nSPS) is 24.4. The summed E-state index contributed by atoms with van der Waals surface area (Å²) in [5, 5.41) is 2.28. The first-order valence-corrected chi connectivity index (χ1v) is 7.63. The zero-order valence-corrected chi connectivity index (χ0v) is 12.0. The third kappa shape index (κ3) is 3.21. The van der Waals surface area contributed by atoms with E-state index in [-0.39, 0.29) is 0 Å². The van der Waals surface area contributed by atoms with Crippen LogP contribution in [0.1, 0.15) is 19.3 Å². The molecule has 1 rings (SSSR count). The Morgan fingerprint density at radius 3 is 2.67 bits per heavy atom. The number of ether oxygens (including phenoxy) is 1. The lowest BCUT2D eigenvalue weighted by Crippen LogP contribution is -2.42. The van der Waals surface area contributed by atoms with Gasteiger partial charge in [0.15, 0.2) is 0 Å². The van der Waals surface area contributed by atoms with Crippen LogP contribution in [0.2, 0.25) is 0 Å². The molecule has 2 unspecified atom stereocenters. The van der Waals surface area contributed by atoms with E-state index in [1.165, 1.54) is 11.4 Å². The van der Waals surface area contributed by atoms with E-state index in [0.717, 1.165) is 6.42 Å². The van der Waals surface area contributed by atoms with E-state index in [1.54, 1.807) is 14.1 Å². The van der Waals surface area contributed by atoms with Gasteiger partial charge in [0, 0.05) is 20.1 Å². The minimum Gasteiger partial charge on any atom is -0.469 e. The van der Waals surface area contributed by atoms with Crippen LogP contribution in [0, 0.1) is 5.92 Å². The summed E-state index contributed by atoms with van der Waals surface area (Å²) < 4.78 is 30.7. The number of rotatable bonds is 6. The first-order chi connectivity index (χ1) is 8.45. The van der Waals surface area contributed by atoms with Crippen LogP contribution in [0.3, 0.4) is 0 Å². The summed E-state index contributed by atoms with van der Waals surface area (Å²) in [7, 11) is 1.20. The third-order valence-electron chi connectivity index (χ3n) is 3.45. The van der Waals surface area contributed by atoms with E-state index in [2.05, 4.69) is 10.1 Å². The van der Waals surface area contributed by atoms with E-state index in [4.69, 9.17) is 0 Å². The highest BCUT2D eigenvalue weighted by Crippen LogP contribution is 2.33. The van der Waals surface area contributed by atoms with Gasteiger partial charge in [0.1, 0.15) is 0 Å². The van der Waals surface area contributed by atoms with Crippen molar-refractivity contribution >= 4 is 16.0 Å². The Labute approximate surface area is 109 Å². The Kier molecular flexibility index (Phi) is 5.55. The van der Waals surface area contributed by atoms with Gasteiger partial charge in [-0.3, -0.25) is 4.79 Å². The van der Waals surface area contributed by atoms with Crippen molar-refractivity contribution in [3.8, 4) is 0 Å². The number of nitrogens with one attached hydrogen (secondary N) is 1. The third-order valence-corrected chi connectivity index (χ3v) is 5.83. The van der Waals surface area contributed by atoms with E-state index in [1.807, 2.05) is 0 Å². The largest absolute Gasteiger partial charge is 0.469 e. The number of esters is 1. The molecule has 0 spiro atoms. The molecule has 7 heteroatoms. The number of methoxy groups -OCH3 is 1. The van der Waals surface area contributed by atoms with Crippen molar-refractivity contribution < 1.29 is 17.9 Å². The van der Waals surface area contributed by atoms with Crippen molar-refractivity contribution in [2.45, 2.75) is 24.5 Å². The van der Waals surface area contributed by atoms with Crippen molar-refractivity contribution in [3.63, 3.8) is 0 Å². The van der Waals surface area contributed by atoms with Gasteiger partial charge >= 0.3 is 5.97 Å². The second-order valence-corrected chi connectivity index (χ2v) is 6.83. The van der Waals surface area contributed by atoms with Crippen LogP contribution < -0.4 is 5.32 Å². The van der Waals surface area contributed by atoms with Crippen LogP contribution in [-0.4, -0.2) is 58.2 Å². The highest BCUT2D eigenvalue weighted by molar-refractivity contribution is 7.89. The van der Waals surface area contributed by atoms with E-state index in [0.29, 0.717) is 25.9 Å². The maximum Gasteiger partial charge on any atom is 0.310 e. The van der Waals surface area contributed by atoms with Gasteiger partial charge in [0.05, 0.1) is 18.3 Å². The molecule has 1 aliphatic carbocycles. The molecule has 1 aliphatic rings. The molecule has 1 N–H and O–H groups in total. The number of likely N-dealkylation sites (N-methyl/N-ethyl adjacent to an activating group) is 2. The molecule has 0 heterocycles. The summed E-state index contributed by atoms with van der Waals surface area (Å²) in [6, 6.07) is 0. The summed E-state index contributed by atoms with van der Waals surface area (Å²) in [6.07, 6.45) is 1.88. The number of carbonyl (C=O) groups excluding carboxylic acids is 1. The smallest absolute Gasteiger partial charge is 0.310 e. The Bertz CT molecular complexity index is 383. The SMILES string of the molecule is CNCCN(C)S(=O)(=O)C1CCCC1C(=O)OC. The van der Waals surface area contributed by atoms with E-state index < -0.39 is 27.2 Å². The summed E-state index contributed by atoms with van der Waals surface area (Å²) in [6.45, 7) is 0.995. The standard InChI is InChI=1S/C11H22N2O4S/c1-12-7-8-13(2)18(15,16)10-6-4-5-9(10)11(14)17-3/h9-10,12H,4-8H2,1-3H3. The maximum absolute atomic E-state index is 12.4. The fourth-order valence-electron chi connectivity index (χ4n) is 2.33. The van der Waals surface area contributed by atoms with Gasteiger partial charge in [-0.25, -0.2) is 12.7 Å². The average Bonchev–Trinajstić information content (AvgIpc) is 2.84. The molecule has 0 amide bonds. The van der Waals surface area contributed by atoms with E-state index in [9.17, 15) is 13.2 Å². The second-order valence-electron chi connectivity index (χ2n) is 4.57. The minimum absolute atomic E-state index is 0.406. The van der Waals surface area contributed by atoms with Gasteiger partial charge in [-0.15, -0.1) is 0 Å². The zero-order valence-electron chi connectivity index (χ0n) is 11.2. The molecular formula is C11H22N2O4S. The molecule has 2 atom stereocenters. The van der Waals surface area contributed by atoms with Crippen LogP contribution in [0.4, 0.5) is 0 Å². The highest BCUT2D eigenvalue weighted by atomic mass is 32.2. The Balaban J connectivity index is 2.80. The van der Waals surface area contributed by atoms with Crippen molar-refractivity contribution in [2.75, 3.05) is 34.3 Å². The number of nitrogens with zero attached hydrogens (tertiary/aromatic N) is 1. The number of hydrogen-bond acceptors (Lipinski definition) is 5. The van der Waals surface area contributed by atoms with Crippen LogP contribution in [0.25, 0.3) is 0 Å². The Morgan fingerprint density at radius 1 is 1.44 bits per heavy atom. The monoisotopic (exact) mass is 278 g/mol. The fourth-order valence-corrected chi connectivity index (χ4v) is 4.27. The van der Waals surface area contributed by atoms with Gasteiger partial charge in [-0.05, 0) is 19.9 Å². The summed E-state index contributed by atoms with van der Waals surface area (Å²) in [4.78, 5) is 11.6. The molecule has 0 aromatic heterocycles. The summed E-state index contributed by atoms with van der Waals surface area (Å²) in [5.41, 5.74) is 0. The van der Waals surface area contributed by atoms with Crippen molar-refractivity contribution in [1.82, 2.24) is 9.62 Å². The molecule has 0 aliphatic heterocycles. The molecule has 0 saturated heterocycles. The molecule has 0 aromatic rings. The van der Waals surface area contributed by atoms with Gasteiger partial charge in [0.2, 0.25) is 10.0 Å². The molecule has 0 bridgehead atoms. The van der Waals surface area contributed by atoms with Gasteiger partial charge in [-0.2, -0.15) is 0 Å². The average molecular weight is 278 g/mol. The highest BCUT2D eigenvalue weighted by Gasteiger charge is 2.43. The quantitative estimate of drug-likeness (QED) is 0.682. The molecule has 0 radical (unpaired) electrons. The van der Waals surface area contributed by atoms with Gasteiger partial charge in [0.25, 0.3) is 0 Å². The predicted molar refractivity (Wildman–Crippen MR) is 68.6 cm³/mol. The van der Waals surface area contributed by atoms with Crippen LogP contribution in [-0.2, 0) is 19.6 Å². The topological polar surface area (TPSA) is 75.7 Å². The number of carbonyl (C=O) groups is 1. The molecule has 6 nitrogen and oxygen atoms in total. The second kappa shape index (κ2) is 6.49. The molecular weight excluding hydrogens is 256 g/mol. The van der Waals surface area contributed by atoms with Crippen LogP contribution in [0.5, 0.6) is 0 Å². The summed E-state index contributed by atoms with van der Waals surface area (Å²) >= 11 is 0. The number of sulfonamides is 1. The first-order valence-electron chi connectivity index (χ1n) is 6.12. The summed E-state index contributed by atoms with van der Waals surface area (Å²) in [5.74, 6) is -0.930. The predicted octanol–water partition coefficient (Wildman–Crippen LogP) is -0.191. The van der Waals surface area contributed by atoms with Crippen LogP contribution >= 0.6 is 0 Å². The molecule has 106 valence electrons. The maximum atomic E-state index is 12.4. The molecule has 0 aromatic carbocycles. The molecule has 18 heavy (non-hydrogen) atoms. The molecule has 1 saturated carbocycles. The molecule has 1 fully saturated rings. The fraction of sp³-hybridized carbons (Fsp3) is 0.909. The van der Waals surface area contributed by atoms with E-state index >= 15 is 0 Å². The Hall–Kier alpha value is -0.660. The van der Waals surface area contributed by atoms with Gasteiger partial charge < -0.3 is 10.1 Å². The van der Waals surface area contributed by atoms with Crippen molar-refractivity contribution in [2.24, 2.45) is 5.92 Å². The van der Waals surface area contributed by atoms with Crippen molar-refractivity contribution in [3.05, 3.63) is 0 Å². The lowest BCUT2D eigenvalue weighted by Gasteiger charge is -2.24. The Morgan fingerprint density at radius 2 is 2.11 bits per heavy atom.